The summed E-state index contributed by atoms with van der Waals surface area (Å²) in [6.45, 7) is 2.42. The molecule has 0 aliphatic carbocycles. The summed E-state index contributed by atoms with van der Waals surface area (Å²) in [5, 5.41) is 0. The van der Waals surface area contributed by atoms with Crippen LogP contribution >= 0.6 is 0 Å². The number of carbonyl (C=O) groups is 2. The fourth-order valence-corrected chi connectivity index (χ4v) is 2.31. The molecule has 0 amide bonds. The molecule has 0 heterocycles. The van der Waals surface area contributed by atoms with Gasteiger partial charge in [-0.15, -0.1) is 0 Å². The van der Waals surface area contributed by atoms with E-state index in [0.717, 1.165) is 5.56 Å². The first kappa shape index (κ1) is 20.8. The summed E-state index contributed by atoms with van der Waals surface area (Å²) in [7, 11) is 2.77. The molecule has 6 heteroatoms. The molecule has 28 heavy (non-hydrogen) atoms. The zero-order valence-electron chi connectivity index (χ0n) is 16.0. The standard InChI is InChI=1S/C22H22O6/c1-4-27-18-8-6-5-7-17(18)11-14-22(24)28-19-12-9-16(15-20(19)25-2)10-13-21(23)26-3/h5-15H,4H2,1-3H3/b13-10+,14-11+. The average Bonchev–Trinajstić information content (AvgIpc) is 2.72. The molecule has 0 saturated carbocycles. The zero-order chi connectivity index (χ0) is 20.4. The first-order valence-corrected chi connectivity index (χ1v) is 8.63. The second kappa shape index (κ2) is 10.6. The van der Waals surface area contributed by atoms with Crippen LogP contribution in [0.1, 0.15) is 18.1 Å². The fraction of sp³-hybridized carbons (Fsp3) is 0.182. The van der Waals surface area contributed by atoms with E-state index in [9.17, 15) is 9.59 Å². The van der Waals surface area contributed by atoms with Crippen molar-refractivity contribution in [1.82, 2.24) is 0 Å². The van der Waals surface area contributed by atoms with Crippen LogP contribution in [0.5, 0.6) is 17.2 Å². The van der Waals surface area contributed by atoms with E-state index in [-0.39, 0.29) is 5.75 Å². The van der Waals surface area contributed by atoms with Crippen molar-refractivity contribution < 1.29 is 28.5 Å². The molecule has 6 nitrogen and oxygen atoms in total. The first-order valence-electron chi connectivity index (χ1n) is 8.63. The molecular formula is C22H22O6. The van der Waals surface area contributed by atoms with Gasteiger partial charge in [-0.1, -0.05) is 24.3 Å². The van der Waals surface area contributed by atoms with Crippen LogP contribution in [0.25, 0.3) is 12.2 Å². The maximum Gasteiger partial charge on any atom is 0.336 e. The van der Waals surface area contributed by atoms with Gasteiger partial charge in [0.1, 0.15) is 5.75 Å². The molecule has 0 unspecified atom stereocenters. The molecule has 0 atom stereocenters. The Morgan fingerprint density at radius 3 is 2.36 bits per heavy atom. The van der Waals surface area contributed by atoms with E-state index >= 15 is 0 Å². The van der Waals surface area contributed by atoms with Crippen molar-refractivity contribution in [1.29, 1.82) is 0 Å². The van der Waals surface area contributed by atoms with Crippen molar-refractivity contribution in [2.24, 2.45) is 0 Å². The van der Waals surface area contributed by atoms with Crippen molar-refractivity contribution in [3.63, 3.8) is 0 Å². The Morgan fingerprint density at radius 1 is 0.893 bits per heavy atom. The topological polar surface area (TPSA) is 71.1 Å². The normalized spacial score (nSPS) is 10.8. The zero-order valence-corrected chi connectivity index (χ0v) is 16.0. The maximum absolute atomic E-state index is 12.2. The van der Waals surface area contributed by atoms with Gasteiger partial charge in [-0.3, -0.25) is 0 Å². The number of hydrogen-bond donors (Lipinski definition) is 0. The Balaban J connectivity index is 2.11. The van der Waals surface area contributed by atoms with Gasteiger partial charge in [0, 0.05) is 17.7 Å². The van der Waals surface area contributed by atoms with Crippen LogP contribution in [0.3, 0.4) is 0 Å². The molecule has 0 bridgehead atoms. The predicted molar refractivity (Wildman–Crippen MR) is 106 cm³/mol. The van der Waals surface area contributed by atoms with Crippen LogP contribution < -0.4 is 14.2 Å². The maximum atomic E-state index is 12.2. The molecular weight excluding hydrogens is 360 g/mol. The summed E-state index contributed by atoms with van der Waals surface area (Å²) in [5.74, 6) is 0.303. The molecule has 2 aromatic rings. The highest BCUT2D eigenvalue weighted by molar-refractivity contribution is 5.90. The molecule has 0 fully saturated rings. The van der Waals surface area contributed by atoms with E-state index in [4.69, 9.17) is 14.2 Å². The number of ether oxygens (including phenoxy) is 4. The lowest BCUT2D eigenvalue weighted by molar-refractivity contribution is -0.134. The van der Waals surface area contributed by atoms with E-state index in [0.29, 0.717) is 23.7 Å². The van der Waals surface area contributed by atoms with Gasteiger partial charge in [0.2, 0.25) is 0 Å². The number of rotatable bonds is 8. The number of para-hydroxylation sites is 1. The molecule has 0 aliphatic rings. The minimum Gasteiger partial charge on any atom is -0.493 e. The van der Waals surface area contributed by atoms with Gasteiger partial charge in [-0.25, -0.2) is 9.59 Å². The lowest BCUT2D eigenvalue weighted by Gasteiger charge is -2.09. The highest BCUT2D eigenvalue weighted by Gasteiger charge is 2.09. The fourth-order valence-electron chi connectivity index (χ4n) is 2.31. The summed E-state index contributed by atoms with van der Waals surface area (Å²) in [5.41, 5.74) is 1.47. The van der Waals surface area contributed by atoms with E-state index < -0.39 is 11.9 Å². The third-order valence-corrected chi connectivity index (χ3v) is 3.63. The van der Waals surface area contributed by atoms with Crippen molar-refractivity contribution >= 4 is 24.1 Å². The quantitative estimate of drug-likeness (QED) is 0.392. The van der Waals surface area contributed by atoms with Crippen molar-refractivity contribution in [3.8, 4) is 17.2 Å². The third-order valence-electron chi connectivity index (χ3n) is 3.63. The average molecular weight is 382 g/mol. The first-order chi connectivity index (χ1) is 13.6. The van der Waals surface area contributed by atoms with Gasteiger partial charge >= 0.3 is 11.9 Å². The number of hydrogen-bond acceptors (Lipinski definition) is 6. The predicted octanol–water partition coefficient (Wildman–Crippen LogP) is 3.90. The van der Waals surface area contributed by atoms with Gasteiger partial charge in [-0.2, -0.15) is 0 Å². The van der Waals surface area contributed by atoms with Gasteiger partial charge < -0.3 is 18.9 Å². The number of carbonyl (C=O) groups excluding carboxylic acids is 2. The Bertz CT molecular complexity index is 882. The smallest absolute Gasteiger partial charge is 0.336 e. The second-order valence-corrected chi connectivity index (χ2v) is 5.49. The van der Waals surface area contributed by atoms with Gasteiger partial charge in [0.05, 0.1) is 20.8 Å². The van der Waals surface area contributed by atoms with E-state index in [1.807, 2.05) is 31.2 Å². The summed E-state index contributed by atoms with van der Waals surface area (Å²) >= 11 is 0. The number of esters is 2. The Kier molecular flexibility index (Phi) is 7.84. The van der Waals surface area contributed by atoms with Gasteiger partial charge in [0.15, 0.2) is 11.5 Å². The molecule has 0 radical (unpaired) electrons. The van der Waals surface area contributed by atoms with Crippen LogP contribution in [-0.2, 0) is 14.3 Å². The molecule has 0 saturated heterocycles. The van der Waals surface area contributed by atoms with Crippen molar-refractivity contribution in [2.45, 2.75) is 6.92 Å². The minimum absolute atomic E-state index is 0.269. The summed E-state index contributed by atoms with van der Waals surface area (Å²) < 4.78 is 20.7. The minimum atomic E-state index is -0.553. The lowest BCUT2D eigenvalue weighted by Crippen LogP contribution is -2.05. The molecule has 2 aromatic carbocycles. The monoisotopic (exact) mass is 382 g/mol. The van der Waals surface area contributed by atoms with Crippen LogP contribution in [0.4, 0.5) is 0 Å². The van der Waals surface area contributed by atoms with E-state index in [1.54, 1.807) is 30.4 Å². The van der Waals surface area contributed by atoms with Crippen LogP contribution in [0, 0.1) is 0 Å². The Morgan fingerprint density at radius 2 is 1.64 bits per heavy atom. The molecule has 0 aliphatic heterocycles. The number of benzene rings is 2. The molecule has 0 aromatic heterocycles. The van der Waals surface area contributed by atoms with E-state index in [2.05, 4.69) is 4.74 Å². The molecule has 2 rings (SSSR count). The molecule has 0 spiro atoms. The summed E-state index contributed by atoms with van der Waals surface area (Å²) in [6.07, 6.45) is 5.82. The van der Waals surface area contributed by atoms with E-state index in [1.165, 1.54) is 26.4 Å². The second-order valence-electron chi connectivity index (χ2n) is 5.49. The molecule has 0 N–H and O–H groups in total. The van der Waals surface area contributed by atoms with Crippen LogP contribution in [-0.4, -0.2) is 32.8 Å². The third kappa shape index (κ3) is 6.02. The Hall–Kier alpha value is -3.54. The SMILES string of the molecule is CCOc1ccccc1/C=C/C(=O)Oc1ccc(/C=C/C(=O)OC)cc1OC. The van der Waals surface area contributed by atoms with Crippen LogP contribution in [0.15, 0.2) is 54.6 Å². The largest absolute Gasteiger partial charge is 0.493 e. The van der Waals surface area contributed by atoms with Gasteiger partial charge in [0.25, 0.3) is 0 Å². The summed E-state index contributed by atoms with van der Waals surface area (Å²) in [6, 6.07) is 12.3. The lowest BCUT2D eigenvalue weighted by atomic mass is 10.2. The highest BCUT2D eigenvalue weighted by atomic mass is 16.6. The summed E-state index contributed by atoms with van der Waals surface area (Å²) in [4.78, 5) is 23.4. The van der Waals surface area contributed by atoms with Crippen LogP contribution in [0.2, 0.25) is 0 Å². The van der Waals surface area contributed by atoms with Crippen molar-refractivity contribution in [3.05, 3.63) is 65.7 Å². The number of methoxy groups -OCH3 is 2. The molecule has 146 valence electrons. The Labute approximate surface area is 164 Å². The van der Waals surface area contributed by atoms with Gasteiger partial charge in [-0.05, 0) is 42.8 Å². The van der Waals surface area contributed by atoms with Crippen molar-refractivity contribution in [2.75, 3.05) is 20.8 Å². The highest BCUT2D eigenvalue weighted by Crippen LogP contribution is 2.29.